The summed E-state index contributed by atoms with van der Waals surface area (Å²) in [6, 6.07) is 10.1. The number of carbonyl (C=O) groups excluding carboxylic acids is 3. The van der Waals surface area contributed by atoms with Crippen LogP contribution in [0.25, 0.3) is 0 Å². The summed E-state index contributed by atoms with van der Waals surface area (Å²) in [7, 11) is 1.45. The number of hydrogen-bond donors (Lipinski definition) is 3. The Bertz CT molecular complexity index is 1090. The largest absolute Gasteiger partial charge is 0.493 e. The van der Waals surface area contributed by atoms with Crippen molar-refractivity contribution in [1.82, 2.24) is 10.7 Å². The van der Waals surface area contributed by atoms with Crippen LogP contribution in [-0.2, 0) is 19.1 Å². The van der Waals surface area contributed by atoms with Gasteiger partial charge in [-0.25, -0.2) is 5.43 Å². The number of ether oxygens (including phenoxy) is 3. The standard InChI is InChI=1S/C25H31ClN4O6/c1-16(2)35-11-5-10-27-24(32)25(33)30-28-14-18-7-9-21(22(12-18)34-4)36-15-23(31)29-19-8-6-17(3)20(26)13-19/h6-9,12-14,16H,5,10-11,15H2,1-4H3,(H,27,32)(H,29,31)(H,30,33)/b28-14-. The summed E-state index contributed by atoms with van der Waals surface area (Å²) in [5.41, 5.74) is 4.21. The number of hydrogen-bond acceptors (Lipinski definition) is 7. The number of aryl methyl sites for hydroxylation is 1. The van der Waals surface area contributed by atoms with E-state index in [4.69, 9.17) is 25.8 Å². The average Bonchev–Trinajstić information content (AvgIpc) is 2.84. The molecule has 0 atom stereocenters. The third kappa shape index (κ3) is 9.93. The summed E-state index contributed by atoms with van der Waals surface area (Å²) in [4.78, 5) is 35.8. The van der Waals surface area contributed by atoms with Gasteiger partial charge in [-0.1, -0.05) is 17.7 Å². The topological polar surface area (TPSA) is 127 Å². The van der Waals surface area contributed by atoms with E-state index in [9.17, 15) is 14.4 Å². The molecule has 36 heavy (non-hydrogen) atoms. The Morgan fingerprint density at radius 1 is 1.08 bits per heavy atom. The van der Waals surface area contributed by atoms with Gasteiger partial charge in [0.2, 0.25) is 0 Å². The lowest BCUT2D eigenvalue weighted by Crippen LogP contribution is -2.38. The summed E-state index contributed by atoms with van der Waals surface area (Å²) in [5.74, 6) is -1.33. The second-order valence-electron chi connectivity index (χ2n) is 7.94. The summed E-state index contributed by atoms with van der Waals surface area (Å²) in [5, 5.41) is 9.54. The van der Waals surface area contributed by atoms with Crippen molar-refractivity contribution < 1.29 is 28.6 Å². The van der Waals surface area contributed by atoms with Crippen LogP contribution in [0.3, 0.4) is 0 Å². The number of rotatable bonds is 12. The van der Waals surface area contributed by atoms with Gasteiger partial charge in [0.15, 0.2) is 18.1 Å². The van der Waals surface area contributed by atoms with E-state index in [0.29, 0.717) is 47.3 Å². The molecule has 0 heterocycles. The average molecular weight is 519 g/mol. The van der Waals surface area contributed by atoms with Crippen molar-refractivity contribution in [1.29, 1.82) is 0 Å². The maximum absolute atomic E-state index is 12.2. The smallest absolute Gasteiger partial charge is 0.329 e. The van der Waals surface area contributed by atoms with E-state index < -0.39 is 11.8 Å². The number of benzene rings is 2. The van der Waals surface area contributed by atoms with Crippen molar-refractivity contribution in [3.63, 3.8) is 0 Å². The highest BCUT2D eigenvalue weighted by Crippen LogP contribution is 2.27. The SMILES string of the molecule is COc1cc(/C=N\NC(=O)C(=O)NCCCOC(C)C)ccc1OCC(=O)Nc1ccc(C)c(Cl)c1. The number of amides is 3. The molecular weight excluding hydrogens is 488 g/mol. The van der Waals surface area contributed by atoms with E-state index in [2.05, 4.69) is 21.2 Å². The van der Waals surface area contributed by atoms with Crippen LogP contribution >= 0.6 is 11.6 Å². The maximum Gasteiger partial charge on any atom is 0.329 e. The summed E-state index contributed by atoms with van der Waals surface area (Å²) in [6.45, 7) is 6.27. The Hall–Kier alpha value is -3.63. The molecule has 10 nitrogen and oxygen atoms in total. The molecule has 2 aromatic carbocycles. The molecule has 0 radical (unpaired) electrons. The molecule has 194 valence electrons. The molecule has 0 bridgehead atoms. The molecule has 0 aliphatic carbocycles. The Kier molecular flexibility index (Phi) is 11.7. The molecule has 0 aliphatic rings. The Morgan fingerprint density at radius 3 is 2.56 bits per heavy atom. The van der Waals surface area contributed by atoms with Crippen molar-refractivity contribution in [2.24, 2.45) is 5.10 Å². The van der Waals surface area contributed by atoms with Crippen LogP contribution in [0.4, 0.5) is 5.69 Å². The number of anilines is 1. The van der Waals surface area contributed by atoms with Crippen LogP contribution in [0.1, 0.15) is 31.4 Å². The van der Waals surface area contributed by atoms with Gasteiger partial charge in [0, 0.05) is 23.9 Å². The van der Waals surface area contributed by atoms with Crippen LogP contribution < -0.4 is 25.5 Å². The van der Waals surface area contributed by atoms with Gasteiger partial charge in [0.25, 0.3) is 5.91 Å². The minimum absolute atomic E-state index is 0.112. The third-order valence-corrected chi connectivity index (χ3v) is 5.05. The van der Waals surface area contributed by atoms with E-state index in [0.717, 1.165) is 5.56 Å². The molecule has 2 rings (SSSR count). The lowest BCUT2D eigenvalue weighted by Gasteiger charge is -2.12. The van der Waals surface area contributed by atoms with Crippen LogP contribution in [0.5, 0.6) is 11.5 Å². The molecule has 11 heteroatoms. The number of nitrogens with zero attached hydrogens (tertiary/aromatic N) is 1. The Labute approximate surface area is 215 Å². The first kappa shape index (κ1) is 28.6. The fourth-order valence-corrected chi connectivity index (χ4v) is 2.96. The van der Waals surface area contributed by atoms with Gasteiger partial charge in [-0.15, -0.1) is 0 Å². The zero-order valence-corrected chi connectivity index (χ0v) is 21.5. The van der Waals surface area contributed by atoms with Gasteiger partial charge in [-0.3, -0.25) is 14.4 Å². The quantitative estimate of drug-likeness (QED) is 0.171. The van der Waals surface area contributed by atoms with Crippen molar-refractivity contribution in [2.75, 3.05) is 32.2 Å². The van der Waals surface area contributed by atoms with Gasteiger partial charge in [0.05, 0.1) is 19.4 Å². The normalized spacial score (nSPS) is 10.8. The highest BCUT2D eigenvalue weighted by Gasteiger charge is 2.12. The zero-order chi connectivity index (χ0) is 26.5. The predicted octanol–water partition coefficient (Wildman–Crippen LogP) is 3.06. The fraction of sp³-hybridized carbons (Fsp3) is 0.360. The lowest BCUT2D eigenvalue weighted by molar-refractivity contribution is -0.139. The zero-order valence-electron chi connectivity index (χ0n) is 20.7. The summed E-state index contributed by atoms with van der Waals surface area (Å²) >= 11 is 6.08. The minimum Gasteiger partial charge on any atom is -0.493 e. The van der Waals surface area contributed by atoms with Gasteiger partial charge in [-0.2, -0.15) is 5.10 Å². The van der Waals surface area contributed by atoms with Crippen molar-refractivity contribution in [3.8, 4) is 11.5 Å². The first-order chi connectivity index (χ1) is 17.2. The molecule has 3 N–H and O–H groups in total. The molecule has 3 amide bonds. The second kappa shape index (κ2) is 14.7. The van der Waals surface area contributed by atoms with Gasteiger partial charge in [-0.05, 0) is 68.7 Å². The van der Waals surface area contributed by atoms with Crippen molar-refractivity contribution in [2.45, 2.75) is 33.3 Å². The van der Waals surface area contributed by atoms with Crippen LogP contribution in [-0.4, -0.2) is 56.9 Å². The monoisotopic (exact) mass is 518 g/mol. The van der Waals surface area contributed by atoms with Crippen molar-refractivity contribution >= 4 is 41.2 Å². The van der Waals surface area contributed by atoms with Crippen LogP contribution in [0.15, 0.2) is 41.5 Å². The van der Waals surface area contributed by atoms with Crippen LogP contribution in [0.2, 0.25) is 5.02 Å². The number of methoxy groups -OCH3 is 1. The van der Waals surface area contributed by atoms with Crippen molar-refractivity contribution in [3.05, 3.63) is 52.5 Å². The molecule has 0 aliphatic heterocycles. The first-order valence-electron chi connectivity index (χ1n) is 11.3. The van der Waals surface area contributed by atoms with Crippen LogP contribution in [0, 0.1) is 6.92 Å². The first-order valence-corrected chi connectivity index (χ1v) is 11.7. The van der Waals surface area contributed by atoms with Gasteiger partial charge >= 0.3 is 11.8 Å². The van der Waals surface area contributed by atoms with Gasteiger partial charge in [0.1, 0.15) is 0 Å². The third-order valence-electron chi connectivity index (χ3n) is 4.65. The van der Waals surface area contributed by atoms with E-state index in [-0.39, 0.29) is 18.6 Å². The summed E-state index contributed by atoms with van der Waals surface area (Å²) in [6.07, 6.45) is 2.06. The number of halogens is 1. The minimum atomic E-state index is -0.885. The summed E-state index contributed by atoms with van der Waals surface area (Å²) < 4.78 is 16.2. The molecular formula is C25H31ClN4O6. The molecule has 0 saturated carbocycles. The number of nitrogens with one attached hydrogen (secondary N) is 3. The molecule has 0 spiro atoms. The molecule has 2 aromatic rings. The Balaban J connectivity index is 1.82. The Morgan fingerprint density at radius 2 is 1.86 bits per heavy atom. The molecule has 0 fully saturated rings. The number of carbonyl (C=O) groups is 3. The molecule has 0 saturated heterocycles. The molecule has 0 unspecified atom stereocenters. The molecule has 0 aromatic heterocycles. The number of hydrazone groups is 1. The van der Waals surface area contributed by atoms with E-state index in [1.807, 2.05) is 20.8 Å². The fourth-order valence-electron chi connectivity index (χ4n) is 2.78. The van der Waals surface area contributed by atoms with Gasteiger partial charge < -0.3 is 24.8 Å². The van der Waals surface area contributed by atoms with E-state index >= 15 is 0 Å². The lowest BCUT2D eigenvalue weighted by atomic mass is 10.2. The highest BCUT2D eigenvalue weighted by molar-refractivity contribution is 6.35. The highest BCUT2D eigenvalue weighted by atomic mass is 35.5. The predicted molar refractivity (Wildman–Crippen MR) is 138 cm³/mol. The van der Waals surface area contributed by atoms with E-state index in [1.165, 1.54) is 13.3 Å². The maximum atomic E-state index is 12.2. The van der Waals surface area contributed by atoms with E-state index in [1.54, 1.807) is 36.4 Å². The second-order valence-corrected chi connectivity index (χ2v) is 8.35.